The summed E-state index contributed by atoms with van der Waals surface area (Å²) in [5.74, 6) is -2.73. The molecule has 2 aromatic heterocycles. The van der Waals surface area contributed by atoms with Crippen LogP contribution in [-0.2, 0) is 10.0 Å². The number of aromatic nitrogens is 1. The van der Waals surface area contributed by atoms with Crippen LogP contribution < -0.4 is 4.72 Å². The summed E-state index contributed by atoms with van der Waals surface area (Å²) in [6.45, 7) is 1.54. The highest BCUT2D eigenvalue weighted by Crippen LogP contribution is 2.40. The van der Waals surface area contributed by atoms with Crippen molar-refractivity contribution in [2.24, 2.45) is 0 Å². The van der Waals surface area contributed by atoms with E-state index in [1.54, 1.807) is 96.4 Å². The molecule has 0 bridgehead atoms. The predicted molar refractivity (Wildman–Crippen MR) is 150 cm³/mol. The first-order chi connectivity index (χ1) is 18.7. The second-order valence-corrected chi connectivity index (χ2v) is 11.3. The van der Waals surface area contributed by atoms with Crippen LogP contribution in [0.1, 0.15) is 25.7 Å². The highest BCUT2D eigenvalue weighted by Gasteiger charge is 2.35. The van der Waals surface area contributed by atoms with Crippen molar-refractivity contribution < 1.29 is 28.2 Å². The maximum Gasteiger partial charge on any atom is 0.348 e. The molecule has 5 rings (SSSR count). The van der Waals surface area contributed by atoms with Crippen molar-refractivity contribution in [3.05, 3.63) is 113 Å². The summed E-state index contributed by atoms with van der Waals surface area (Å²) in [6, 6.07) is 27.9. The molecule has 0 saturated heterocycles. The van der Waals surface area contributed by atoms with Gasteiger partial charge in [0.15, 0.2) is 0 Å². The van der Waals surface area contributed by atoms with E-state index in [1.165, 1.54) is 6.07 Å². The van der Waals surface area contributed by atoms with Crippen LogP contribution in [0.4, 0.5) is 5.69 Å². The number of benzene rings is 3. The van der Waals surface area contributed by atoms with E-state index in [2.05, 4.69) is 4.72 Å². The SMILES string of the molecule is Cc1c(C(=O)O)c(S(=O)(=O)Nc2cc(-c3ccccc3)sc2C(=O)O)c(-c2ccccc2)n1-c1ccccc1. The maximum atomic E-state index is 14.1. The molecule has 39 heavy (non-hydrogen) atoms. The molecule has 0 unspecified atom stereocenters. The van der Waals surface area contributed by atoms with E-state index in [4.69, 9.17) is 0 Å². The lowest BCUT2D eigenvalue weighted by Crippen LogP contribution is -2.18. The van der Waals surface area contributed by atoms with Gasteiger partial charge in [-0.3, -0.25) is 4.72 Å². The summed E-state index contributed by atoms with van der Waals surface area (Å²) in [5, 5.41) is 20.0. The molecule has 3 aromatic carbocycles. The monoisotopic (exact) mass is 558 g/mol. The molecule has 5 aromatic rings. The van der Waals surface area contributed by atoms with Crippen molar-refractivity contribution in [3.8, 4) is 27.4 Å². The zero-order valence-corrected chi connectivity index (χ0v) is 22.2. The molecule has 2 heterocycles. The molecule has 196 valence electrons. The van der Waals surface area contributed by atoms with Crippen molar-refractivity contribution in [1.82, 2.24) is 4.57 Å². The molecule has 0 fully saturated rings. The highest BCUT2D eigenvalue weighted by atomic mass is 32.2. The summed E-state index contributed by atoms with van der Waals surface area (Å²) in [5.41, 5.74) is 1.59. The molecule has 0 aliphatic heterocycles. The Morgan fingerprint density at radius 2 is 1.33 bits per heavy atom. The zero-order valence-electron chi connectivity index (χ0n) is 20.5. The first-order valence-corrected chi connectivity index (χ1v) is 14.0. The normalized spacial score (nSPS) is 11.3. The minimum absolute atomic E-state index is 0.146. The van der Waals surface area contributed by atoms with Gasteiger partial charge in [-0.1, -0.05) is 78.9 Å². The van der Waals surface area contributed by atoms with Crippen molar-refractivity contribution in [3.63, 3.8) is 0 Å². The molecule has 0 spiro atoms. The average molecular weight is 559 g/mol. The molecular weight excluding hydrogens is 536 g/mol. The van der Waals surface area contributed by atoms with E-state index in [0.29, 0.717) is 16.1 Å². The van der Waals surface area contributed by atoms with Gasteiger partial charge in [0.05, 0.1) is 11.4 Å². The first-order valence-electron chi connectivity index (χ1n) is 11.7. The number of anilines is 1. The van der Waals surface area contributed by atoms with Crippen LogP contribution in [-0.4, -0.2) is 35.1 Å². The number of nitrogens with zero attached hydrogens (tertiary/aromatic N) is 1. The number of carboxylic acids is 2. The molecule has 10 heteroatoms. The summed E-state index contributed by atoms with van der Waals surface area (Å²) < 4.78 is 32.1. The molecule has 0 aliphatic rings. The lowest BCUT2D eigenvalue weighted by Gasteiger charge is -2.14. The van der Waals surface area contributed by atoms with Crippen LogP contribution in [0, 0.1) is 6.92 Å². The molecule has 0 atom stereocenters. The third-order valence-electron chi connectivity index (χ3n) is 6.14. The number of thiophene rings is 1. The van der Waals surface area contributed by atoms with E-state index < -0.39 is 32.4 Å². The van der Waals surface area contributed by atoms with Gasteiger partial charge in [0.25, 0.3) is 10.0 Å². The third-order valence-corrected chi connectivity index (χ3v) is 8.73. The van der Waals surface area contributed by atoms with Crippen LogP contribution in [0.2, 0.25) is 0 Å². The van der Waals surface area contributed by atoms with Crippen molar-refractivity contribution in [2.75, 3.05) is 4.72 Å². The molecule has 0 saturated carbocycles. The van der Waals surface area contributed by atoms with E-state index >= 15 is 0 Å². The predicted octanol–water partition coefficient (Wildman–Crippen LogP) is 6.38. The number of sulfonamides is 1. The number of nitrogens with one attached hydrogen (secondary N) is 1. The lowest BCUT2D eigenvalue weighted by atomic mass is 10.1. The highest BCUT2D eigenvalue weighted by molar-refractivity contribution is 7.93. The second-order valence-electron chi connectivity index (χ2n) is 8.61. The van der Waals surface area contributed by atoms with E-state index in [9.17, 15) is 28.2 Å². The fraction of sp³-hybridized carbons (Fsp3) is 0.0345. The first kappa shape index (κ1) is 26.0. The Balaban J connectivity index is 1.76. The van der Waals surface area contributed by atoms with Crippen molar-refractivity contribution >= 4 is 39.0 Å². The van der Waals surface area contributed by atoms with Crippen LogP contribution in [0.3, 0.4) is 0 Å². The molecular formula is C29H22N2O6S2. The topological polar surface area (TPSA) is 126 Å². The fourth-order valence-corrected chi connectivity index (χ4v) is 7.04. The number of carbonyl (C=O) groups is 2. The van der Waals surface area contributed by atoms with Crippen LogP contribution >= 0.6 is 11.3 Å². The molecule has 3 N–H and O–H groups in total. The summed E-state index contributed by atoms with van der Waals surface area (Å²) >= 11 is 0.925. The van der Waals surface area contributed by atoms with Gasteiger partial charge >= 0.3 is 11.9 Å². The molecule has 8 nitrogen and oxygen atoms in total. The molecule has 0 aliphatic carbocycles. The van der Waals surface area contributed by atoms with Gasteiger partial charge in [0, 0.05) is 16.3 Å². The Labute approximate surface area is 228 Å². The zero-order chi connectivity index (χ0) is 27.7. The summed E-state index contributed by atoms with van der Waals surface area (Å²) in [4.78, 5) is 24.5. The van der Waals surface area contributed by atoms with Gasteiger partial charge in [0.1, 0.15) is 15.3 Å². The number of hydrogen-bond acceptors (Lipinski definition) is 5. The van der Waals surface area contributed by atoms with E-state index in [-0.39, 0.29) is 22.0 Å². The quantitative estimate of drug-likeness (QED) is 0.203. The maximum absolute atomic E-state index is 14.1. The minimum Gasteiger partial charge on any atom is -0.478 e. The Kier molecular flexibility index (Phi) is 6.81. The second kappa shape index (κ2) is 10.2. The number of para-hydroxylation sites is 1. The standard InChI is InChI=1S/C29H22N2O6S2/c1-18-24(28(32)33)27(25(20-13-7-3-8-14-20)31(18)21-15-9-4-10-16-21)39(36,37)30-22-17-23(38-26(22)29(34)35)19-11-5-2-6-12-19/h2-17,30H,1H3,(H,32,33)(H,34,35). The van der Waals surface area contributed by atoms with Gasteiger partial charge in [-0.2, -0.15) is 0 Å². The van der Waals surface area contributed by atoms with Crippen LogP contribution in [0.5, 0.6) is 0 Å². The largest absolute Gasteiger partial charge is 0.478 e. The minimum atomic E-state index is -4.61. The number of carboxylic acid groups (broad SMARTS) is 2. The summed E-state index contributed by atoms with van der Waals surface area (Å²) in [7, 11) is -4.61. The third kappa shape index (κ3) is 4.83. The number of aromatic carboxylic acids is 2. The molecule has 0 amide bonds. The van der Waals surface area contributed by atoms with Gasteiger partial charge in [-0.05, 0) is 36.2 Å². The van der Waals surface area contributed by atoms with Crippen molar-refractivity contribution in [1.29, 1.82) is 0 Å². The van der Waals surface area contributed by atoms with E-state index in [0.717, 1.165) is 16.9 Å². The Hall–Kier alpha value is -4.67. The van der Waals surface area contributed by atoms with Gasteiger partial charge in [-0.15, -0.1) is 11.3 Å². The van der Waals surface area contributed by atoms with Gasteiger partial charge < -0.3 is 14.8 Å². The van der Waals surface area contributed by atoms with Crippen LogP contribution in [0.15, 0.2) is 102 Å². The van der Waals surface area contributed by atoms with Gasteiger partial charge in [-0.25, -0.2) is 18.0 Å². The Morgan fingerprint density at radius 1 is 0.795 bits per heavy atom. The van der Waals surface area contributed by atoms with E-state index in [1.807, 2.05) is 6.07 Å². The van der Waals surface area contributed by atoms with Crippen LogP contribution in [0.25, 0.3) is 27.4 Å². The lowest BCUT2D eigenvalue weighted by molar-refractivity contribution is 0.0685. The Morgan fingerprint density at radius 3 is 1.87 bits per heavy atom. The smallest absolute Gasteiger partial charge is 0.348 e. The average Bonchev–Trinajstić information content (AvgIpc) is 3.49. The van der Waals surface area contributed by atoms with Gasteiger partial charge in [0.2, 0.25) is 0 Å². The number of rotatable bonds is 8. The molecule has 0 radical (unpaired) electrons. The number of hydrogen-bond donors (Lipinski definition) is 3. The summed E-state index contributed by atoms with van der Waals surface area (Å²) in [6.07, 6.45) is 0. The Bertz CT molecular complexity index is 1790. The fourth-order valence-electron chi connectivity index (χ4n) is 4.50. The van der Waals surface area contributed by atoms with Crippen molar-refractivity contribution in [2.45, 2.75) is 11.8 Å².